The van der Waals surface area contributed by atoms with Crippen molar-refractivity contribution >= 4 is 27.5 Å². The van der Waals surface area contributed by atoms with Crippen LogP contribution >= 0.6 is 0 Å². The number of rotatable bonds is 14. The van der Waals surface area contributed by atoms with E-state index < -0.39 is 34.3 Å². The first kappa shape index (κ1) is 32.4. The second-order valence-corrected chi connectivity index (χ2v) is 11.6. The van der Waals surface area contributed by atoms with E-state index in [2.05, 4.69) is 5.32 Å². The Morgan fingerprint density at radius 2 is 1.57 bits per heavy atom. The van der Waals surface area contributed by atoms with Gasteiger partial charge < -0.3 is 19.7 Å². The van der Waals surface area contributed by atoms with Gasteiger partial charge in [-0.1, -0.05) is 43.7 Å². The van der Waals surface area contributed by atoms with Crippen LogP contribution < -0.4 is 19.1 Å². The van der Waals surface area contributed by atoms with Gasteiger partial charge in [0.15, 0.2) is 11.5 Å². The zero-order valence-electron chi connectivity index (χ0n) is 24.6. The lowest BCUT2D eigenvalue weighted by molar-refractivity contribution is -0.140. The first-order valence-corrected chi connectivity index (χ1v) is 15.1. The van der Waals surface area contributed by atoms with Gasteiger partial charge in [0.1, 0.15) is 18.4 Å². The number of carbonyl (C=O) groups is 2. The standard InChI is InChI=1S/C31H38FN3O6S/c1-6-18-33-31(37)27(7-2)34(20-23-10-12-24(32)13-11-23)30(36)21-35(25-14-17-28(40-4)29(19-25)41-5)42(38,39)26-15-8-22(3)9-16-26/h8-17,19,27H,6-7,18,20-21H2,1-5H3,(H,33,37)/t27-/m0/s1. The van der Waals surface area contributed by atoms with E-state index in [1.165, 1.54) is 67.7 Å². The summed E-state index contributed by atoms with van der Waals surface area (Å²) in [6.45, 7) is 5.32. The molecule has 3 aromatic carbocycles. The van der Waals surface area contributed by atoms with Crippen molar-refractivity contribution in [2.75, 3.05) is 31.6 Å². The molecule has 9 nitrogen and oxygen atoms in total. The van der Waals surface area contributed by atoms with Crippen molar-refractivity contribution in [3.8, 4) is 11.5 Å². The maximum absolute atomic E-state index is 14.1. The molecule has 0 saturated heterocycles. The summed E-state index contributed by atoms with van der Waals surface area (Å²) in [4.78, 5) is 28.6. The van der Waals surface area contributed by atoms with E-state index in [-0.39, 0.29) is 35.2 Å². The van der Waals surface area contributed by atoms with Crippen molar-refractivity contribution in [3.05, 3.63) is 83.7 Å². The van der Waals surface area contributed by atoms with Gasteiger partial charge in [-0.25, -0.2) is 12.8 Å². The van der Waals surface area contributed by atoms with E-state index in [0.29, 0.717) is 24.3 Å². The number of ether oxygens (including phenoxy) is 2. The third kappa shape index (κ3) is 7.79. The molecule has 0 unspecified atom stereocenters. The molecule has 0 aromatic heterocycles. The lowest BCUT2D eigenvalue weighted by Gasteiger charge is -2.33. The number of hydrogen-bond donors (Lipinski definition) is 1. The Morgan fingerprint density at radius 3 is 2.14 bits per heavy atom. The van der Waals surface area contributed by atoms with E-state index in [1.54, 1.807) is 25.1 Å². The fraction of sp³-hybridized carbons (Fsp3) is 0.355. The highest BCUT2D eigenvalue weighted by molar-refractivity contribution is 7.92. The molecule has 0 bridgehead atoms. The number of amides is 2. The summed E-state index contributed by atoms with van der Waals surface area (Å²) in [6.07, 6.45) is 0.986. The largest absolute Gasteiger partial charge is 0.493 e. The van der Waals surface area contributed by atoms with Gasteiger partial charge >= 0.3 is 0 Å². The number of hydrogen-bond acceptors (Lipinski definition) is 6. The maximum Gasteiger partial charge on any atom is 0.264 e. The highest BCUT2D eigenvalue weighted by Crippen LogP contribution is 2.34. The molecule has 226 valence electrons. The number of nitrogens with zero attached hydrogens (tertiary/aromatic N) is 2. The van der Waals surface area contributed by atoms with Crippen LogP contribution in [0.4, 0.5) is 10.1 Å². The summed E-state index contributed by atoms with van der Waals surface area (Å²) in [6, 6.07) is 15.6. The number of aryl methyl sites for hydroxylation is 1. The van der Waals surface area contributed by atoms with E-state index in [9.17, 15) is 22.4 Å². The summed E-state index contributed by atoms with van der Waals surface area (Å²) in [5.41, 5.74) is 1.63. The molecule has 0 heterocycles. The van der Waals surface area contributed by atoms with Crippen LogP contribution in [-0.2, 0) is 26.2 Å². The average Bonchev–Trinajstić information content (AvgIpc) is 2.99. The lowest BCUT2D eigenvalue weighted by Crippen LogP contribution is -2.52. The number of sulfonamides is 1. The first-order chi connectivity index (χ1) is 20.0. The first-order valence-electron chi connectivity index (χ1n) is 13.7. The van der Waals surface area contributed by atoms with Crippen molar-refractivity contribution in [2.45, 2.75) is 51.1 Å². The van der Waals surface area contributed by atoms with Gasteiger partial charge in [0.2, 0.25) is 11.8 Å². The van der Waals surface area contributed by atoms with Gasteiger partial charge in [-0.3, -0.25) is 13.9 Å². The minimum Gasteiger partial charge on any atom is -0.493 e. The SMILES string of the molecule is CCCNC(=O)[C@H](CC)N(Cc1ccc(F)cc1)C(=O)CN(c1ccc(OC)c(OC)c1)S(=O)(=O)c1ccc(C)cc1. The zero-order valence-corrected chi connectivity index (χ0v) is 25.4. The summed E-state index contributed by atoms with van der Waals surface area (Å²) in [5, 5.41) is 2.83. The molecule has 1 N–H and O–H groups in total. The Labute approximate surface area is 247 Å². The summed E-state index contributed by atoms with van der Waals surface area (Å²) < 4.78 is 53.4. The molecule has 0 spiro atoms. The van der Waals surface area contributed by atoms with Crippen LogP contribution in [0.5, 0.6) is 11.5 Å². The van der Waals surface area contributed by atoms with E-state index in [1.807, 2.05) is 13.8 Å². The normalized spacial score (nSPS) is 11.9. The molecular weight excluding hydrogens is 561 g/mol. The third-order valence-corrected chi connectivity index (χ3v) is 8.53. The number of carbonyl (C=O) groups excluding carboxylic acids is 2. The number of methoxy groups -OCH3 is 2. The molecule has 0 saturated carbocycles. The minimum atomic E-state index is -4.25. The van der Waals surface area contributed by atoms with Gasteiger partial charge in [0.25, 0.3) is 10.0 Å². The van der Waals surface area contributed by atoms with Gasteiger partial charge in [0.05, 0.1) is 24.8 Å². The van der Waals surface area contributed by atoms with Crippen molar-refractivity contribution in [2.24, 2.45) is 0 Å². The smallest absolute Gasteiger partial charge is 0.264 e. The molecule has 3 aromatic rings. The van der Waals surface area contributed by atoms with E-state index >= 15 is 0 Å². The number of anilines is 1. The molecule has 11 heteroatoms. The van der Waals surface area contributed by atoms with E-state index in [4.69, 9.17) is 9.47 Å². The topological polar surface area (TPSA) is 105 Å². The van der Waals surface area contributed by atoms with Crippen LogP contribution in [0.2, 0.25) is 0 Å². The van der Waals surface area contributed by atoms with Crippen LogP contribution in [0.15, 0.2) is 71.6 Å². The Balaban J connectivity index is 2.10. The van der Waals surface area contributed by atoms with Gasteiger partial charge in [-0.05, 0) is 61.7 Å². The number of nitrogens with one attached hydrogen (secondary N) is 1. The van der Waals surface area contributed by atoms with Gasteiger partial charge in [-0.2, -0.15) is 0 Å². The Hall–Kier alpha value is -4.12. The van der Waals surface area contributed by atoms with Gasteiger partial charge in [0, 0.05) is 19.2 Å². The van der Waals surface area contributed by atoms with Crippen LogP contribution in [0, 0.1) is 12.7 Å². The van der Waals surface area contributed by atoms with Crippen molar-refractivity contribution in [1.29, 1.82) is 0 Å². The molecular formula is C31H38FN3O6S. The predicted molar refractivity (Wildman–Crippen MR) is 160 cm³/mol. The summed E-state index contributed by atoms with van der Waals surface area (Å²) in [7, 11) is -1.36. The Kier molecular flexibility index (Phi) is 11.3. The number of halogens is 1. The molecule has 42 heavy (non-hydrogen) atoms. The predicted octanol–water partition coefficient (Wildman–Crippen LogP) is 4.68. The van der Waals surface area contributed by atoms with Crippen molar-refractivity contribution in [1.82, 2.24) is 10.2 Å². The molecule has 0 fully saturated rings. The maximum atomic E-state index is 14.1. The van der Waals surface area contributed by atoms with Crippen LogP contribution in [0.25, 0.3) is 0 Å². The second-order valence-electron chi connectivity index (χ2n) is 9.73. The van der Waals surface area contributed by atoms with Crippen molar-refractivity contribution < 1.29 is 31.9 Å². The van der Waals surface area contributed by atoms with Crippen LogP contribution in [-0.4, -0.2) is 58.5 Å². The number of benzene rings is 3. The molecule has 3 rings (SSSR count). The Bertz CT molecular complexity index is 1460. The molecule has 1 atom stereocenters. The molecule has 0 aliphatic heterocycles. The van der Waals surface area contributed by atoms with Crippen LogP contribution in [0.1, 0.15) is 37.8 Å². The van der Waals surface area contributed by atoms with E-state index in [0.717, 1.165) is 9.87 Å². The summed E-state index contributed by atoms with van der Waals surface area (Å²) in [5.74, 6) is -0.734. The average molecular weight is 600 g/mol. The zero-order chi connectivity index (χ0) is 30.9. The fourth-order valence-corrected chi connectivity index (χ4v) is 5.82. The fourth-order valence-electron chi connectivity index (χ4n) is 4.42. The highest BCUT2D eigenvalue weighted by atomic mass is 32.2. The Morgan fingerprint density at radius 1 is 0.929 bits per heavy atom. The second kappa shape index (κ2) is 14.7. The minimum absolute atomic E-state index is 0.00602. The quantitative estimate of drug-likeness (QED) is 0.289. The monoisotopic (exact) mass is 599 g/mol. The molecule has 2 amide bonds. The summed E-state index contributed by atoms with van der Waals surface area (Å²) >= 11 is 0. The van der Waals surface area contributed by atoms with Crippen LogP contribution in [0.3, 0.4) is 0 Å². The molecule has 0 aliphatic rings. The molecule has 0 radical (unpaired) electrons. The van der Waals surface area contributed by atoms with Crippen molar-refractivity contribution in [3.63, 3.8) is 0 Å². The lowest BCUT2D eigenvalue weighted by atomic mass is 10.1. The third-order valence-electron chi connectivity index (χ3n) is 6.74. The van der Waals surface area contributed by atoms with Gasteiger partial charge in [-0.15, -0.1) is 0 Å². The molecule has 0 aliphatic carbocycles. The highest BCUT2D eigenvalue weighted by Gasteiger charge is 2.34.